The van der Waals surface area contributed by atoms with E-state index in [1.165, 1.54) is 0 Å². The molecule has 5 nitrogen and oxygen atoms in total. The van der Waals surface area contributed by atoms with Crippen LogP contribution in [0.15, 0.2) is 28.8 Å². The van der Waals surface area contributed by atoms with Gasteiger partial charge in [0.2, 0.25) is 5.88 Å². The van der Waals surface area contributed by atoms with Crippen molar-refractivity contribution in [3.8, 4) is 22.8 Å². The van der Waals surface area contributed by atoms with Crippen molar-refractivity contribution in [2.45, 2.75) is 6.92 Å². The number of rotatable bonds is 4. The number of anilines is 1. The Hall–Kier alpha value is -2.17. The van der Waals surface area contributed by atoms with Gasteiger partial charge in [-0.1, -0.05) is 5.16 Å². The van der Waals surface area contributed by atoms with E-state index < -0.39 is 0 Å². The summed E-state index contributed by atoms with van der Waals surface area (Å²) in [6, 6.07) is 7.16. The molecule has 0 saturated carbocycles. The summed E-state index contributed by atoms with van der Waals surface area (Å²) in [7, 11) is 1.61. The van der Waals surface area contributed by atoms with Crippen LogP contribution in [0.1, 0.15) is 6.92 Å². The normalized spacial score (nSPS) is 10.2. The molecule has 2 N–H and O–H groups in total. The molecule has 0 aliphatic carbocycles. The molecule has 0 saturated heterocycles. The number of aromatic nitrogens is 1. The minimum atomic E-state index is 0.276. The maximum Gasteiger partial charge on any atom is 0.222 e. The average molecular weight is 234 g/mol. The van der Waals surface area contributed by atoms with Crippen LogP contribution in [0, 0.1) is 0 Å². The van der Waals surface area contributed by atoms with Gasteiger partial charge in [0, 0.05) is 17.7 Å². The van der Waals surface area contributed by atoms with Gasteiger partial charge in [-0.3, -0.25) is 0 Å². The summed E-state index contributed by atoms with van der Waals surface area (Å²) < 4.78 is 15.5. The lowest BCUT2D eigenvalue weighted by Gasteiger charge is -2.09. The number of methoxy groups -OCH3 is 1. The summed E-state index contributed by atoms with van der Waals surface area (Å²) in [5, 5.41) is 3.86. The van der Waals surface area contributed by atoms with Crippen molar-refractivity contribution in [2.75, 3.05) is 19.5 Å². The smallest absolute Gasteiger partial charge is 0.222 e. The van der Waals surface area contributed by atoms with Gasteiger partial charge in [-0.05, 0) is 19.1 Å². The van der Waals surface area contributed by atoms with Crippen LogP contribution in [0.5, 0.6) is 11.5 Å². The molecule has 0 amide bonds. The molecule has 0 fully saturated rings. The Labute approximate surface area is 99.1 Å². The van der Waals surface area contributed by atoms with E-state index in [9.17, 15) is 0 Å². The number of hydrogen-bond donors (Lipinski definition) is 1. The Kier molecular flexibility index (Phi) is 3.18. The lowest BCUT2D eigenvalue weighted by molar-refractivity contribution is 0.337. The van der Waals surface area contributed by atoms with Crippen LogP contribution in [0.25, 0.3) is 11.3 Å². The van der Waals surface area contributed by atoms with Gasteiger partial charge in [0.15, 0.2) is 0 Å². The van der Waals surface area contributed by atoms with Gasteiger partial charge in [0.25, 0.3) is 0 Å². The van der Waals surface area contributed by atoms with E-state index >= 15 is 0 Å². The van der Waals surface area contributed by atoms with Gasteiger partial charge in [0.1, 0.15) is 17.2 Å². The lowest BCUT2D eigenvalue weighted by Crippen LogP contribution is -1.95. The molecule has 1 aromatic heterocycles. The van der Waals surface area contributed by atoms with Crippen molar-refractivity contribution in [1.82, 2.24) is 5.16 Å². The van der Waals surface area contributed by atoms with Gasteiger partial charge >= 0.3 is 0 Å². The fourth-order valence-corrected chi connectivity index (χ4v) is 1.53. The van der Waals surface area contributed by atoms with Crippen molar-refractivity contribution in [1.29, 1.82) is 0 Å². The van der Waals surface area contributed by atoms with E-state index in [4.69, 9.17) is 19.7 Å². The molecule has 0 bridgehead atoms. The lowest BCUT2D eigenvalue weighted by atomic mass is 10.1. The second-order valence-electron chi connectivity index (χ2n) is 3.41. The first kappa shape index (κ1) is 11.3. The van der Waals surface area contributed by atoms with Crippen molar-refractivity contribution in [3.05, 3.63) is 24.3 Å². The minimum Gasteiger partial charge on any atom is -0.497 e. The fraction of sp³-hybridized carbons (Fsp3) is 0.250. The third-order valence-corrected chi connectivity index (χ3v) is 2.29. The van der Waals surface area contributed by atoms with Crippen LogP contribution >= 0.6 is 0 Å². The maximum atomic E-state index is 5.54. The topological polar surface area (TPSA) is 70.5 Å². The molecule has 0 aliphatic rings. The van der Waals surface area contributed by atoms with E-state index in [-0.39, 0.29) is 5.88 Å². The zero-order chi connectivity index (χ0) is 12.3. The molecular weight excluding hydrogens is 220 g/mol. The van der Waals surface area contributed by atoms with Crippen LogP contribution < -0.4 is 15.2 Å². The predicted octanol–water partition coefficient (Wildman–Crippen LogP) is 2.33. The van der Waals surface area contributed by atoms with E-state index in [2.05, 4.69) is 5.16 Å². The van der Waals surface area contributed by atoms with Gasteiger partial charge in [0.05, 0.1) is 13.7 Å². The number of nitrogen functional groups attached to an aromatic ring is 1. The molecule has 0 radical (unpaired) electrons. The van der Waals surface area contributed by atoms with Crippen molar-refractivity contribution in [3.63, 3.8) is 0 Å². The monoisotopic (exact) mass is 234 g/mol. The van der Waals surface area contributed by atoms with Crippen LogP contribution in [0.2, 0.25) is 0 Å². The molecule has 2 rings (SSSR count). The fourth-order valence-electron chi connectivity index (χ4n) is 1.53. The quantitative estimate of drug-likeness (QED) is 0.879. The first-order valence-corrected chi connectivity index (χ1v) is 5.28. The van der Waals surface area contributed by atoms with Crippen molar-refractivity contribution in [2.24, 2.45) is 0 Å². The highest BCUT2D eigenvalue weighted by Gasteiger charge is 2.11. The number of hydrogen-bond acceptors (Lipinski definition) is 5. The molecule has 17 heavy (non-hydrogen) atoms. The summed E-state index contributed by atoms with van der Waals surface area (Å²) in [5.41, 5.74) is 6.98. The molecule has 1 heterocycles. The molecule has 2 aromatic rings. The van der Waals surface area contributed by atoms with Crippen LogP contribution in [-0.4, -0.2) is 18.9 Å². The molecule has 5 heteroatoms. The highest BCUT2D eigenvalue weighted by molar-refractivity contribution is 5.69. The second kappa shape index (κ2) is 4.78. The second-order valence-corrected chi connectivity index (χ2v) is 3.41. The third kappa shape index (κ3) is 2.33. The van der Waals surface area contributed by atoms with Crippen LogP contribution in [0.4, 0.5) is 5.88 Å². The third-order valence-electron chi connectivity index (χ3n) is 2.29. The molecule has 1 aromatic carbocycles. The SMILES string of the molecule is CCOc1cc(OC)ccc1-c1cc(N)on1. The Morgan fingerprint density at radius 3 is 2.76 bits per heavy atom. The number of ether oxygens (including phenoxy) is 2. The summed E-state index contributed by atoms with van der Waals surface area (Å²) in [6.45, 7) is 2.48. The highest BCUT2D eigenvalue weighted by Crippen LogP contribution is 2.33. The van der Waals surface area contributed by atoms with Crippen molar-refractivity contribution >= 4 is 5.88 Å². The number of benzene rings is 1. The standard InChI is InChI=1S/C12H14N2O3/c1-3-16-11-6-8(15-2)4-5-9(11)10-7-12(13)17-14-10/h4-7H,3,13H2,1-2H3. The predicted molar refractivity (Wildman–Crippen MR) is 64.1 cm³/mol. The first-order chi connectivity index (χ1) is 8.24. The molecule has 90 valence electrons. The first-order valence-electron chi connectivity index (χ1n) is 5.28. The van der Waals surface area contributed by atoms with E-state index in [0.717, 1.165) is 11.3 Å². The maximum absolute atomic E-state index is 5.54. The number of nitrogens with two attached hydrogens (primary N) is 1. The molecule has 0 unspecified atom stereocenters. The van der Waals surface area contributed by atoms with Gasteiger partial charge in [-0.15, -0.1) is 0 Å². The summed E-state index contributed by atoms with van der Waals surface area (Å²) >= 11 is 0. The highest BCUT2D eigenvalue weighted by atomic mass is 16.5. The van der Waals surface area contributed by atoms with Gasteiger partial charge in [-0.2, -0.15) is 0 Å². The minimum absolute atomic E-state index is 0.276. The summed E-state index contributed by atoms with van der Waals surface area (Å²) in [5.74, 6) is 1.70. The average Bonchev–Trinajstić information content (AvgIpc) is 2.76. The Morgan fingerprint density at radius 2 is 2.18 bits per heavy atom. The summed E-state index contributed by atoms with van der Waals surface area (Å²) in [6.07, 6.45) is 0. The van der Waals surface area contributed by atoms with E-state index in [0.29, 0.717) is 18.1 Å². The molecule has 0 aliphatic heterocycles. The van der Waals surface area contributed by atoms with Crippen LogP contribution in [-0.2, 0) is 0 Å². The van der Waals surface area contributed by atoms with Crippen molar-refractivity contribution < 1.29 is 14.0 Å². The van der Waals surface area contributed by atoms with Gasteiger partial charge < -0.3 is 19.7 Å². The zero-order valence-corrected chi connectivity index (χ0v) is 9.77. The van der Waals surface area contributed by atoms with E-state index in [1.54, 1.807) is 13.2 Å². The molecule has 0 spiro atoms. The Morgan fingerprint density at radius 1 is 1.35 bits per heavy atom. The number of nitrogens with zero attached hydrogens (tertiary/aromatic N) is 1. The molecule has 0 atom stereocenters. The largest absolute Gasteiger partial charge is 0.497 e. The molecular formula is C12H14N2O3. The van der Waals surface area contributed by atoms with Gasteiger partial charge in [-0.25, -0.2) is 0 Å². The zero-order valence-electron chi connectivity index (χ0n) is 9.77. The van der Waals surface area contributed by atoms with Crippen LogP contribution in [0.3, 0.4) is 0 Å². The Bertz CT molecular complexity index is 508. The Balaban J connectivity index is 2.45. The summed E-state index contributed by atoms with van der Waals surface area (Å²) in [4.78, 5) is 0. The van der Waals surface area contributed by atoms with E-state index in [1.807, 2.05) is 25.1 Å².